The Balaban J connectivity index is 4.79. The van der Waals surface area contributed by atoms with E-state index in [-0.39, 0.29) is 0 Å². The Bertz CT molecular complexity index is 196. The van der Waals surface area contributed by atoms with Crippen LogP contribution in [0.2, 0.25) is 0 Å². The number of aliphatic hydroxyl groups excluding tert-OH is 1. The van der Waals surface area contributed by atoms with Crippen molar-refractivity contribution in [3.63, 3.8) is 0 Å². The molecule has 0 saturated heterocycles. The fraction of sp³-hybridized carbons (Fsp3) is 1.00. The van der Waals surface area contributed by atoms with Crippen LogP contribution in [-0.4, -0.2) is 23.7 Å². The fourth-order valence-corrected chi connectivity index (χ4v) is 1.54. The Morgan fingerprint density at radius 2 is 1.60 bits per heavy atom. The Morgan fingerprint density at radius 1 is 1.30 bits per heavy atom. The first-order valence-corrected chi connectivity index (χ1v) is 4.66. The van der Waals surface area contributed by atoms with Gasteiger partial charge in [0.25, 0.3) is 0 Å². The highest BCUT2D eigenvalue weighted by Gasteiger charge is 2.32. The van der Waals surface area contributed by atoms with Crippen molar-refractivity contribution in [2.75, 3.05) is 0 Å². The van der Waals surface area contributed by atoms with Crippen molar-refractivity contribution in [2.24, 2.45) is 0 Å². The molecular weight excluding hydrogens is 152 g/mol. The third-order valence-electron chi connectivity index (χ3n) is 1.30. The third kappa shape index (κ3) is 1.70. The molecule has 0 rings (SSSR count). The molecular formula is C6H14O3S. The van der Waals surface area contributed by atoms with Crippen molar-refractivity contribution in [1.29, 1.82) is 0 Å². The highest BCUT2D eigenvalue weighted by atomic mass is 32.2. The summed E-state index contributed by atoms with van der Waals surface area (Å²) in [6, 6.07) is 0. The van der Waals surface area contributed by atoms with E-state index in [9.17, 15) is 8.42 Å². The first kappa shape index (κ1) is 9.91. The van der Waals surface area contributed by atoms with Gasteiger partial charge in [0.1, 0.15) is 0 Å². The van der Waals surface area contributed by atoms with Crippen molar-refractivity contribution >= 4 is 9.84 Å². The summed E-state index contributed by atoms with van der Waals surface area (Å²) in [7, 11) is -3.36. The number of sulfone groups is 1. The second kappa shape index (κ2) is 2.51. The molecule has 1 unspecified atom stereocenters. The predicted molar refractivity (Wildman–Crippen MR) is 40.4 cm³/mol. The quantitative estimate of drug-likeness (QED) is 0.618. The highest BCUT2D eigenvalue weighted by Crippen LogP contribution is 2.18. The molecule has 62 valence electrons. The lowest BCUT2D eigenvalue weighted by Crippen LogP contribution is -2.35. The molecule has 0 radical (unpaired) electrons. The van der Waals surface area contributed by atoms with Crippen LogP contribution in [0.5, 0.6) is 0 Å². The van der Waals surface area contributed by atoms with Gasteiger partial charge in [0.15, 0.2) is 15.3 Å². The van der Waals surface area contributed by atoms with Gasteiger partial charge in [0, 0.05) is 0 Å². The van der Waals surface area contributed by atoms with Crippen LogP contribution in [-0.2, 0) is 9.84 Å². The van der Waals surface area contributed by atoms with Crippen molar-refractivity contribution in [1.82, 2.24) is 0 Å². The van der Waals surface area contributed by atoms with Gasteiger partial charge in [-0.05, 0) is 27.7 Å². The van der Waals surface area contributed by atoms with Crippen LogP contribution in [0.25, 0.3) is 0 Å². The molecule has 0 fully saturated rings. The van der Waals surface area contributed by atoms with Gasteiger partial charge in [0.05, 0.1) is 4.75 Å². The van der Waals surface area contributed by atoms with Crippen molar-refractivity contribution in [3.05, 3.63) is 0 Å². The number of hydrogen-bond acceptors (Lipinski definition) is 3. The molecule has 0 bridgehead atoms. The van der Waals surface area contributed by atoms with Crippen molar-refractivity contribution in [3.8, 4) is 0 Å². The maximum Gasteiger partial charge on any atom is 0.181 e. The summed E-state index contributed by atoms with van der Waals surface area (Å²) in [5.41, 5.74) is -1.27. The second-order valence-corrected chi connectivity index (χ2v) is 6.25. The van der Waals surface area contributed by atoms with Gasteiger partial charge in [-0.2, -0.15) is 0 Å². The van der Waals surface area contributed by atoms with Crippen LogP contribution in [0.15, 0.2) is 0 Å². The van der Waals surface area contributed by atoms with Gasteiger partial charge >= 0.3 is 0 Å². The van der Waals surface area contributed by atoms with Crippen LogP contribution >= 0.6 is 0 Å². The predicted octanol–water partition coefficient (Wildman–Crippen LogP) is 0.538. The fourth-order valence-electron chi connectivity index (χ4n) is 0.512. The topological polar surface area (TPSA) is 54.4 Å². The lowest BCUT2D eigenvalue weighted by atomic mass is 10.3. The van der Waals surface area contributed by atoms with E-state index in [1.165, 1.54) is 6.92 Å². The minimum atomic E-state index is -3.36. The Hall–Kier alpha value is -0.0900. The van der Waals surface area contributed by atoms with E-state index in [1.54, 1.807) is 20.8 Å². The zero-order chi connectivity index (χ0) is 8.58. The molecule has 0 spiro atoms. The average molecular weight is 166 g/mol. The molecule has 0 saturated carbocycles. The summed E-state index contributed by atoms with van der Waals surface area (Å²) in [5, 5.41) is 8.83. The molecule has 1 atom stereocenters. The Labute approximate surface area is 62.0 Å². The van der Waals surface area contributed by atoms with E-state index in [0.29, 0.717) is 0 Å². The van der Waals surface area contributed by atoms with Gasteiger partial charge < -0.3 is 5.11 Å². The van der Waals surface area contributed by atoms with E-state index >= 15 is 0 Å². The van der Waals surface area contributed by atoms with Gasteiger partial charge in [-0.3, -0.25) is 0 Å². The largest absolute Gasteiger partial charge is 0.377 e. The average Bonchev–Trinajstić information content (AvgIpc) is 1.62. The Kier molecular flexibility index (Phi) is 2.49. The van der Waals surface area contributed by atoms with Crippen LogP contribution in [0, 0.1) is 0 Å². The molecule has 0 aliphatic heterocycles. The molecule has 10 heavy (non-hydrogen) atoms. The molecule has 4 heteroatoms. The molecule has 0 aliphatic carbocycles. The van der Waals surface area contributed by atoms with Gasteiger partial charge in [-0.1, -0.05) is 0 Å². The summed E-state index contributed by atoms with van der Waals surface area (Å²) < 4.78 is 21.3. The van der Waals surface area contributed by atoms with Crippen molar-refractivity contribution < 1.29 is 13.5 Å². The van der Waals surface area contributed by atoms with Crippen LogP contribution in [0.3, 0.4) is 0 Å². The molecule has 3 nitrogen and oxygen atoms in total. The summed E-state index contributed by atoms with van der Waals surface area (Å²) in [6.45, 7) is 5.96. The number of aliphatic hydroxyl groups is 1. The van der Waals surface area contributed by atoms with E-state index in [4.69, 9.17) is 5.11 Å². The van der Waals surface area contributed by atoms with E-state index in [0.717, 1.165) is 0 Å². The zero-order valence-corrected chi connectivity index (χ0v) is 7.57. The van der Waals surface area contributed by atoms with Crippen LogP contribution < -0.4 is 0 Å². The lowest BCUT2D eigenvalue weighted by molar-refractivity contribution is 0.264. The summed E-state index contributed by atoms with van der Waals surface area (Å²) in [5.74, 6) is 0. The molecule has 0 aromatic rings. The lowest BCUT2D eigenvalue weighted by Gasteiger charge is -2.20. The molecule has 0 aliphatic rings. The maximum absolute atomic E-state index is 11.1. The molecule has 0 heterocycles. The summed E-state index contributed by atoms with van der Waals surface area (Å²) in [4.78, 5) is 0. The van der Waals surface area contributed by atoms with Gasteiger partial charge in [0.2, 0.25) is 0 Å². The molecule has 1 N–H and O–H groups in total. The summed E-state index contributed by atoms with van der Waals surface area (Å²) in [6.07, 6.45) is 0. The minimum Gasteiger partial charge on any atom is -0.377 e. The molecule has 0 aromatic carbocycles. The van der Waals surface area contributed by atoms with E-state index in [2.05, 4.69) is 0 Å². The smallest absolute Gasteiger partial charge is 0.181 e. The minimum absolute atomic E-state index is 0.860. The van der Waals surface area contributed by atoms with Gasteiger partial charge in [-0.15, -0.1) is 0 Å². The van der Waals surface area contributed by atoms with Crippen LogP contribution in [0.4, 0.5) is 0 Å². The van der Waals surface area contributed by atoms with E-state index in [1.807, 2.05) is 0 Å². The summed E-state index contributed by atoms with van der Waals surface area (Å²) >= 11 is 0. The van der Waals surface area contributed by atoms with Crippen molar-refractivity contribution in [2.45, 2.75) is 37.9 Å². The van der Waals surface area contributed by atoms with Gasteiger partial charge in [-0.25, -0.2) is 8.42 Å². The SMILES string of the molecule is CC(O)S(=O)(=O)C(C)(C)C. The van der Waals surface area contributed by atoms with Crippen LogP contribution in [0.1, 0.15) is 27.7 Å². The molecule has 0 aromatic heterocycles. The normalized spacial score (nSPS) is 16.9. The third-order valence-corrected chi connectivity index (χ3v) is 3.91. The first-order chi connectivity index (χ1) is 4.19. The number of hydrogen-bond donors (Lipinski definition) is 1. The Morgan fingerprint density at radius 3 is 1.60 bits per heavy atom. The number of rotatable bonds is 1. The monoisotopic (exact) mass is 166 g/mol. The zero-order valence-electron chi connectivity index (χ0n) is 6.75. The second-order valence-electron chi connectivity index (χ2n) is 3.26. The highest BCUT2D eigenvalue weighted by molar-refractivity contribution is 7.93. The molecule has 0 amide bonds. The standard InChI is InChI=1S/C6H14O3S/c1-5(7)10(8,9)6(2,3)4/h5,7H,1-4H3. The van der Waals surface area contributed by atoms with E-state index < -0.39 is 20.0 Å². The first-order valence-electron chi connectivity index (χ1n) is 3.11. The maximum atomic E-state index is 11.1.